The van der Waals surface area contributed by atoms with Crippen molar-refractivity contribution in [2.24, 2.45) is 0 Å². The number of carbonyl (C=O) groups is 1. The summed E-state index contributed by atoms with van der Waals surface area (Å²) in [4.78, 5) is 14.4. The van der Waals surface area contributed by atoms with Crippen LogP contribution in [0.5, 0.6) is 0 Å². The second-order valence-electron chi connectivity index (χ2n) is 5.15. The molecule has 4 heteroatoms. The predicted octanol–water partition coefficient (Wildman–Crippen LogP) is 4.43. The summed E-state index contributed by atoms with van der Waals surface area (Å²) in [6.45, 7) is 2.84. The van der Waals surface area contributed by atoms with Gasteiger partial charge in [0.1, 0.15) is 0 Å². The summed E-state index contributed by atoms with van der Waals surface area (Å²) in [5, 5.41) is 7.25. The third-order valence-electron chi connectivity index (χ3n) is 3.83. The summed E-state index contributed by atoms with van der Waals surface area (Å²) in [7, 11) is 0. The normalized spacial score (nSPS) is 18.2. The van der Waals surface area contributed by atoms with Crippen LogP contribution in [-0.4, -0.2) is 17.5 Å². The molecule has 1 aromatic carbocycles. The van der Waals surface area contributed by atoms with Crippen LogP contribution >= 0.6 is 11.3 Å². The number of nitrogens with zero attached hydrogens (tertiary/aromatic N) is 1. The van der Waals surface area contributed by atoms with Crippen LogP contribution in [0.2, 0.25) is 0 Å². The van der Waals surface area contributed by atoms with Crippen LogP contribution in [0.4, 0.5) is 10.5 Å². The van der Waals surface area contributed by atoms with Gasteiger partial charge in [0.25, 0.3) is 0 Å². The lowest BCUT2D eigenvalue weighted by atomic mass is 10.1. The summed E-state index contributed by atoms with van der Waals surface area (Å²) in [5.41, 5.74) is 3.24. The van der Waals surface area contributed by atoms with E-state index in [-0.39, 0.29) is 12.1 Å². The molecule has 1 aromatic heterocycles. The topological polar surface area (TPSA) is 32.3 Å². The maximum absolute atomic E-state index is 12.5. The highest BCUT2D eigenvalue weighted by Crippen LogP contribution is 2.33. The van der Waals surface area contributed by atoms with Crippen LogP contribution in [0.25, 0.3) is 0 Å². The Morgan fingerprint density at radius 2 is 2.20 bits per heavy atom. The van der Waals surface area contributed by atoms with E-state index in [0.29, 0.717) is 0 Å². The van der Waals surface area contributed by atoms with Crippen LogP contribution in [0.3, 0.4) is 0 Å². The van der Waals surface area contributed by atoms with Crippen molar-refractivity contribution in [1.82, 2.24) is 4.90 Å². The van der Waals surface area contributed by atoms with Crippen molar-refractivity contribution in [3.8, 4) is 0 Å². The van der Waals surface area contributed by atoms with Gasteiger partial charge in [-0.1, -0.05) is 18.2 Å². The van der Waals surface area contributed by atoms with Crippen molar-refractivity contribution in [1.29, 1.82) is 0 Å². The number of hydrogen-bond acceptors (Lipinski definition) is 2. The number of nitrogens with one attached hydrogen (secondary N) is 1. The Morgan fingerprint density at radius 1 is 1.35 bits per heavy atom. The molecule has 0 spiro atoms. The Morgan fingerprint density at radius 3 is 2.95 bits per heavy atom. The van der Waals surface area contributed by atoms with E-state index in [9.17, 15) is 4.79 Å². The fourth-order valence-corrected chi connectivity index (χ4v) is 3.43. The van der Waals surface area contributed by atoms with Crippen molar-refractivity contribution < 1.29 is 4.79 Å². The van der Waals surface area contributed by atoms with E-state index < -0.39 is 0 Å². The van der Waals surface area contributed by atoms with Gasteiger partial charge in [0.05, 0.1) is 6.04 Å². The number of aryl methyl sites for hydroxylation is 1. The van der Waals surface area contributed by atoms with Gasteiger partial charge in [0, 0.05) is 12.2 Å². The number of hydrogen-bond donors (Lipinski definition) is 1. The predicted molar refractivity (Wildman–Crippen MR) is 83.2 cm³/mol. The van der Waals surface area contributed by atoms with Gasteiger partial charge in [-0.3, -0.25) is 0 Å². The molecule has 1 aliphatic rings. The summed E-state index contributed by atoms with van der Waals surface area (Å²) in [6, 6.07) is 10.2. The number of thiophene rings is 1. The van der Waals surface area contributed by atoms with Crippen molar-refractivity contribution >= 4 is 23.1 Å². The minimum atomic E-state index is 0.00741. The van der Waals surface area contributed by atoms with Crippen LogP contribution in [0.15, 0.2) is 41.1 Å². The number of para-hydroxylation sites is 1. The first-order valence-corrected chi connectivity index (χ1v) is 7.85. The summed E-state index contributed by atoms with van der Waals surface area (Å²) in [6.07, 6.45) is 2.12. The van der Waals surface area contributed by atoms with Crippen LogP contribution in [-0.2, 0) is 0 Å². The maximum atomic E-state index is 12.5. The summed E-state index contributed by atoms with van der Waals surface area (Å²) in [5.74, 6) is 0. The molecule has 0 unspecified atom stereocenters. The van der Waals surface area contributed by atoms with Gasteiger partial charge in [-0.25, -0.2) is 4.79 Å². The van der Waals surface area contributed by atoms with Crippen molar-refractivity contribution in [3.05, 3.63) is 52.2 Å². The second-order valence-corrected chi connectivity index (χ2v) is 5.93. The number of likely N-dealkylation sites (tertiary alicyclic amines) is 1. The Labute approximate surface area is 123 Å². The molecule has 3 rings (SSSR count). The molecule has 0 radical (unpaired) electrons. The number of anilines is 1. The van der Waals surface area contributed by atoms with Crippen molar-refractivity contribution in [2.45, 2.75) is 25.8 Å². The zero-order valence-electron chi connectivity index (χ0n) is 11.5. The standard InChI is InChI=1S/C16H18N2OS/c1-12-5-2-3-6-14(12)17-16(19)18-9-4-7-15(18)13-8-10-20-11-13/h2-3,5-6,8,10-11,15H,4,7,9H2,1H3,(H,17,19)/t15-/m1/s1. The van der Waals surface area contributed by atoms with Gasteiger partial charge in [0.15, 0.2) is 0 Å². The van der Waals surface area contributed by atoms with Gasteiger partial charge in [-0.05, 0) is 53.8 Å². The second kappa shape index (κ2) is 5.67. The SMILES string of the molecule is Cc1ccccc1NC(=O)N1CCC[C@@H]1c1ccsc1. The molecule has 3 nitrogen and oxygen atoms in total. The van der Waals surface area contributed by atoms with Gasteiger partial charge in [0.2, 0.25) is 0 Å². The lowest BCUT2D eigenvalue weighted by molar-refractivity contribution is 0.207. The molecule has 1 aliphatic heterocycles. The molecular weight excluding hydrogens is 268 g/mol. The average Bonchev–Trinajstić information content (AvgIpc) is 3.11. The lowest BCUT2D eigenvalue weighted by Gasteiger charge is -2.25. The van der Waals surface area contributed by atoms with Gasteiger partial charge in [-0.15, -0.1) is 0 Å². The third-order valence-corrected chi connectivity index (χ3v) is 4.53. The Bertz CT molecular complexity index is 594. The highest BCUT2D eigenvalue weighted by Gasteiger charge is 2.30. The molecule has 20 heavy (non-hydrogen) atoms. The van der Waals surface area contributed by atoms with Gasteiger partial charge in [-0.2, -0.15) is 11.3 Å². The molecule has 104 valence electrons. The van der Waals surface area contributed by atoms with E-state index in [1.807, 2.05) is 36.1 Å². The number of benzene rings is 1. The third kappa shape index (κ3) is 2.56. The molecule has 0 bridgehead atoms. The first-order chi connectivity index (χ1) is 9.75. The molecule has 1 fully saturated rings. The molecule has 1 saturated heterocycles. The largest absolute Gasteiger partial charge is 0.322 e. The fourth-order valence-electron chi connectivity index (χ4n) is 2.72. The summed E-state index contributed by atoms with van der Waals surface area (Å²) < 4.78 is 0. The zero-order valence-corrected chi connectivity index (χ0v) is 12.3. The van der Waals surface area contributed by atoms with E-state index in [0.717, 1.165) is 30.6 Å². The molecule has 1 N–H and O–H groups in total. The highest BCUT2D eigenvalue weighted by molar-refractivity contribution is 7.07. The first kappa shape index (κ1) is 13.2. The minimum Gasteiger partial charge on any atom is -0.317 e. The van der Waals surface area contributed by atoms with Gasteiger partial charge >= 0.3 is 6.03 Å². The number of urea groups is 1. The Balaban J connectivity index is 1.75. The van der Waals surface area contributed by atoms with Crippen molar-refractivity contribution in [3.63, 3.8) is 0 Å². The molecule has 2 aromatic rings. The van der Waals surface area contributed by atoms with Crippen LogP contribution in [0, 0.1) is 6.92 Å². The van der Waals surface area contributed by atoms with Gasteiger partial charge < -0.3 is 10.2 Å². The molecule has 1 atom stereocenters. The van der Waals surface area contributed by atoms with Crippen LogP contribution in [0.1, 0.15) is 30.0 Å². The monoisotopic (exact) mass is 286 g/mol. The lowest BCUT2D eigenvalue weighted by Crippen LogP contribution is -2.34. The van der Waals surface area contributed by atoms with Crippen LogP contribution < -0.4 is 5.32 Å². The van der Waals surface area contributed by atoms with E-state index >= 15 is 0 Å². The van der Waals surface area contributed by atoms with E-state index in [1.54, 1.807) is 11.3 Å². The minimum absolute atomic E-state index is 0.00741. The number of carbonyl (C=O) groups excluding carboxylic acids is 1. The summed E-state index contributed by atoms with van der Waals surface area (Å²) >= 11 is 1.69. The van der Waals surface area contributed by atoms with E-state index in [1.165, 1.54) is 5.56 Å². The molecule has 0 saturated carbocycles. The first-order valence-electron chi connectivity index (χ1n) is 6.91. The average molecular weight is 286 g/mol. The highest BCUT2D eigenvalue weighted by atomic mass is 32.1. The smallest absolute Gasteiger partial charge is 0.317 e. The maximum Gasteiger partial charge on any atom is 0.322 e. The Kier molecular flexibility index (Phi) is 3.74. The van der Waals surface area contributed by atoms with Crippen molar-refractivity contribution in [2.75, 3.05) is 11.9 Å². The molecule has 2 amide bonds. The van der Waals surface area contributed by atoms with E-state index in [4.69, 9.17) is 0 Å². The number of amides is 2. The molecular formula is C16H18N2OS. The molecule has 2 heterocycles. The Hall–Kier alpha value is -1.81. The molecule has 0 aliphatic carbocycles. The van der Waals surface area contributed by atoms with E-state index in [2.05, 4.69) is 22.1 Å². The zero-order chi connectivity index (χ0) is 13.9. The fraction of sp³-hybridized carbons (Fsp3) is 0.312. The number of rotatable bonds is 2. The quantitative estimate of drug-likeness (QED) is 0.870.